The molecule has 0 aliphatic carbocycles. The number of nitrogens with zero attached hydrogens (tertiary/aromatic N) is 1. The lowest BCUT2D eigenvalue weighted by Crippen LogP contribution is -2.41. The summed E-state index contributed by atoms with van der Waals surface area (Å²) in [7, 11) is 0. The predicted molar refractivity (Wildman–Crippen MR) is 85.9 cm³/mol. The van der Waals surface area contributed by atoms with Gasteiger partial charge in [0.2, 0.25) is 0 Å². The summed E-state index contributed by atoms with van der Waals surface area (Å²) in [5, 5.41) is 0.646. The lowest BCUT2D eigenvalue weighted by atomic mass is 9.98. The zero-order valence-corrected chi connectivity index (χ0v) is 13.2. The van der Waals surface area contributed by atoms with Gasteiger partial charge in [-0.25, -0.2) is 0 Å². The molecule has 5 heteroatoms. The van der Waals surface area contributed by atoms with Gasteiger partial charge in [0, 0.05) is 18.1 Å². The number of ether oxygens (including phenoxy) is 2. The van der Waals surface area contributed by atoms with Gasteiger partial charge in [0.1, 0.15) is 12.4 Å². The number of hydrogen-bond acceptors (Lipinski definition) is 3. The van der Waals surface area contributed by atoms with E-state index in [9.17, 15) is 4.79 Å². The summed E-state index contributed by atoms with van der Waals surface area (Å²) in [6.07, 6.45) is 7.03. The molecule has 0 bridgehead atoms. The minimum atomic E-state index is 0.0120. The van der Waals surface area contributed by atoms with E-state index in [1.807, 2.05) is 4.90 Å². The van der Waals surface area contributed by atoms with Crippen molar-refractivity contribution in [1.29, 1.82) is 0 Å². The zero-order valence-electron chi connectivity index (χ0n) is 12.5. The molecule has 0 radical (unpaired) electrons. The van der Waals surface area contributed by atoms with Crippen LogP contribution in [0.2, 0.25) is 5.02 Å². The Morgan fingerprint density at radius 2 is 2.00 bits per heavy atom. The Morgan fingerprint density at radius 1 is 1.32 bits per heavy atom. The van der Waals surface area contributed by atoms with E-state index in [2.05, 4.69) is 5.92 Å². The number of amides is 1. The molecule has 2 rings (SSSR count). The molecule has 4 nitrogen and oxygen atoms in total. The van der Waals surface area contributed by atoms with Crippen LogP contribution in [-0.4, -0.2) is 43.7 Å². The highest BCUT2D eigenvalue weighted by Crippen LogP contribution is 2.19. The van der Waals surface area contributed by atoms with Crippen molar-refractivity contribution < 1.29 is 14.3 Å². The van der Waals surface area contributed by atoms with Crippen molar-refractivity contribution in [3.8, 4) is 18.1 Å². The molecule has 0 atom stereocenters. The number of carbonyl (C=O) groups excluding carboxylic acids is 1. The quantitative estimate of drug-likeness (QED) is 0.597. The molecule has 1 amide bonds. The molecular weight excluding hydrogens is 302 g/mol. The average Bonchev–Trinajstić information content (AvgIpc) is 2.55. The van der Waals surface area contributed by atoms with Crippen LogP contribution in [0.1, 0.15) is 12.8 Å². The fourth-order valence-corrected chi connectivity index (χ4v) is 2.53. The largest absolute Gasteiger partial charge is 0.484 e. The fourth-order valence-electron chi connectivity index (χ4n) is 2.40. The van der Waals surface area contributed by atoms with Crippen LogP contribution >= 0.6 is 11.6 Å². The molecule has 1 fully saturated rings. The molecule has 0 unspecified atom stereocenters. The minimum absolute atomic E-state index is 0.0120. The fraction of sp³-hybridized carbons (Fsp3) is 0.471. The number of rotatable bonds is 6. The maximum Gasteiger partial charge on any atom is 0.260 e. The Hall–Kier alpha value is -1.70. The second-order valence-electron chi connectivity index (χ2n) is 5.29. The monoisotopic (exact) mass is 321 g/mol. The molecule has 118 valence electrons. The van der Waals surface area contributed by atoms with Gasteiger partial charge < -0.3 is 14.4 Å². The molecule has 1 aliphatic heterocycles. The highest BCUT2D eigenvalue weighted by molar-refractivity contribution is 6.30. The van der Waals surface area contributed by atoms with Gasteiger partial charge in [-0.05, 0) is 43.0 Å². The zero-order chi connectivity index (χ0) is 15.8. The van der Waals surface area contributed by atoms with E-state index in [0.717, 1.165) is 25.9 Å². The average molecular weight is 322 g/mol. The molecular formula is C17H20ClNO3. The van der Waals surface area contributed by atoms with Crippen molar-refractivity contribution in [3.05, 3.63) is 29.3 Å². The molecule has 1 saturated heterocycles. The van der Waals surface area contributed by atoms with Crippen molar-refractivity contribution in [2.24, 2.45) is 5.92 Å². The van der Waals surface area contributed by atoms with Gasteiger partial charge in [-0.3, -0.25) is 4.79 Å². The molecule has 22 heavy (non-hydrogen) atoms. The first-order chi connectivity index (χ1) is 10.7. The smallest absolute Gasteiger partial charge is 0.260 e. The number of terminal acetylenes is 1. The van der Waals surface area contributed by atoms with Gasteiger partial charge in [0.25, 0.3) is 5.91 Å². The number of carbonyl (C=O) groups is 1. The Morgan fingerprint density at radius 3 is 2.64 bits per heavy atom. The second kappa shape index (κ2) is 8.67. The maximum atomic E-state index is 12.1. The number of hydrogen-bond donors (Lipinski definition) is 0. The summed E-state index contributed by atoms with van der Waals surface area (Å²) in [6, 6.07) is 6.99. The van der Waals surface area contributed by atoms with Crippen molar-refractivity contribution in [3.63, 3.8) is 0 Å². The van der Waals surface area contributed by atoms with Gasteiger partial charge >= 0.3 is 0 Å². The SMILES string of the molecule is C#CCOCC1CCN(C(=O)COc2ccc(Cl)cc2)CC1. The van der Waals surface area contributed by atoms with E-state index in [0.29, 0.717) is 29.9 Å². The van der Waals surface area contributed by atoms with Crippen LogP contribution in [0.15, 0.2) is 24.3 Å². The first-order valence-electron chi connectivity index (χ1n) is 7.36. The van der Waals surface area contributed by atoms with Crippen molar-refractivity contribution in [2.75, 3.05) is 32.9 Å². The number of piperidine rings is 1. The lowest BCUT2D eigenvalue weighted by Gasteiger charge is -2.31. The van der Waals surface area contributed by atoms with Crippen molar-refractivity contribution in [2.45, 2.75) is 12.8 Å². The third-order valence-corrected chi connectivity index (χ3v) is 3.93. The summed E-state index contributed by atoms with van der Waals surface area (Å²) in [4.78, 5) is 14.0. The summed E-state index contributed by atoms with van der Waals surface area (Å²) in [5.41, 5.74) is 0. The third kappa shape index (κ3) is 5.25. The first kappa shape index (κ1) is 16.7. The normalized spacial score (nSPS) is 15.4. The van der Waals surface area contributed by atoms with Crippen LogP contribution in [-0.2, 0) is 9.53 Å². The molecule has 1 heterocycles. The highest BCUT2D eigenvalue weighted by atomic mass is 35.5. The summed E-state index contributed by atoms with van der Waals surface area (Å²) < 4.78 is 10.8. The number of likely N-dealkylation sites (tertiary alicyclic amines) is 1. The molecule has 1 aromatic carbocycles. The standard InChI is InChI=1S/C17H20ClNO3/c1-2-11-21-12-14-7-9-19(10-8-14)17(20)13-22-16-5-3-15(18)4-6-16/h1,3-6,14H,7-13H2. The van der Waals surface area contributed by atoms with E-state index in [1.54, 1.807) is 24.3 Å². The van der Waals surface area contributed by atoms with E-state index in [4.69, 9.17) is 27.5 Å². The van der Waals surface area contributed by atoms with Crippen molar-refractivity contribution in [1.82, 2.24) is 4.90 Å². The summed E-state index contributed by atoms with van der Waals surface area (Å²) in [6.45, 7) is 2.57. The van der Waals surface area contributed by atoms with Crippen molar-refractivity contribution >= 4 is 17.5 Å². The Balaban J connectivity index is 1.69. The Labute approximate surface area is 136 Å². The Bertz CT molecular complexity index is 516. The van der Waals surface area contributed by atoms with Crippen LogP contribution in [0.3, 0.4) is 0 Å². The molecule has 0 saturated carbocycles. The van der Waals surface area contributed by atoms with Gasteiger partial charge in [-0.2, -0.15) is 0 Å². The van der Waals surface area contributed by atoms with Crippen LogP contribution in [0, 0.1) is 18.3 Å². The Kier molecular flexibility index (Phi) is 6.57. The molecule has 0 spiro atoms. The van der Waals surface area contributed by atoms with E-state index < -0.39 is 0 Å². The maximum absolute atomic E-state index is 12.1. The van der Waals surface area contributed by atoms with Crippen LogP contribution < -0.4 is 4.74 Å². The second-order valence-corrected chi connectivity index (χ2v) is 5.72. The third-order valence-electron chi connectivity index (χ3n) is 3.68. The topological polar surface area (TPSA) is 38.8 Å². The lowest BCUT2D eigenvalue weighted by molar-refractivity contribution is -0.135. The molecule has 0 N–H and O–H groups in total. The van der Waals surface area contributed by atoms with Gasteiger partial charge in [-0.15, -0.1) is 6.42 Å². The summed E-state index contributed by atoms with van der Waals surface area (Å²) in [5.74, 6) is 3.60. The number of benzene rings is 1. The predicted octanol–water partition coefficient (Wildman–Crippen LogP) is 2.61. The van der Waals surface area contributed by atoms with E-state index in [-0.39, 0.29) is 12.5 Å². The highest BCUT2D eigenvalue weighted by Gasteiger charge is 2.23. The molecule has 1 aliphatic rings. The molecule has 1 aromatic rings. The van der Waals surface area contributed by atoms with E-state index in [1.165, 1.54) is 0 Å². The van der Waals surface area contributed by atoms with E-state index >= 15 is 0 Å². The minimum Gasteiger partial charge on any atom is -0.484 e. The number of halogens is 1. The summed E-state index contributed by atoms with van der Waals surface area (Å²) >= 11 is 5.80. The van der Waals surface area contributed by atoms with Crippen LogP contribution in [0.4, 0.5) is 0 Å². The van der Waals surface area contributed by atoms with Gasteiger partial charge in [0.15, 0.2) is 6.61 Å². The molecule has 0 aromatic heterocycles. The van der Waals surface area contributed by atoms with Crippen LogP contribution in [0.25, 0.3) is 0 Å². The first-order valence-corrected chi connectivity index (χ1v) is 7.74. The van der Waals surface area contributed by atoms with Crippen LogP contribution in [0.5, 0.6) is 5.75 Å². The van der Waals surface area contributed by atoms with Gasteiger partial charge in [0.05, 0.1) is 6.61 Å². The van der Waals surface area contributed by atoms with Gasteiger partial charge in [-0.1, -0.05) is 17.5 Å².